The van der Waals surface area contributed by atoms with E-state index in [-0.39, 0.29) is 11.9 Å². The minimum atomic E-state index is -0.414. The molecule has 4 heterocycles. The van der Waals surface area contributed by atoms with E-state index in [0.29, 0.717) is 23.1 Å². The standard InChI is InChI=1S/C28H35FN4O2/c1-18(2)31(4)28(34)24-10-23(29)5-6-25(24)33-16-22(27-19(3)11-30-12-26(27)33)9-21-14-32(15-21)13-20-7-8-35-17-20/h5-6,10-12,16,18,20-21H,7-9,13-15,17H2,1-4H3/t20-/m0/s1. The van der Waals surface area contributed by atoms with E-state index in [9.17, 15) is 9.18 Å². The van der Waals surface area contributed by atoms with Crippen LogP contribution in [-0.4, -0.2) is 71.2 Å². The van der Waals surface area contributed by atoms with E-state index in [4.69, 9.17) is 4.74 Å². The summed E-state index contributed by atoms with van der Waals surface area (Å²) in [5, 5.41) is 1.18. The number of aryl methyl sites for hydroxylation is 1. The van der Waals surface area contributed by atoms with E-state index >= 15 is 0 Å². The lowest BCUT2D eigenvalue weighted by Crippen LogP contribution is -2.49. The number of fused-ring (bicyclic) bond motifs is 1. The van der Waals surface area contributed by atoms with Crippen molar-refractivity contribution < 1.29 is 13.9 Å². The maximum Gasteiger partial charge on any atom is 0.256 e. The Balaban J connectivity index is 1.46. The van der Waals surface area contributed by atoms with Gasteiger partial charge in [-0.3, -0.25) is 9.78 Å². The highest BCUT2D eigenvalue weighted by molar-refractivity contribution is 5.99. The van der Waals surface area contributed by atoms with Crippen LogP contribution in [0.25, 0.3) is 16.6 Å². The Bertz CT molecular complexity index is 1230. The molecule has 0 saturated carbocycles. The van der Waals surface area contributed by atoms with Crippen LogP contribution in [0.15, 0.2) is 36.8 Å². The molecule has 35 heavy (non-hydrogen) atoms. The van der Waals surface area contributed by atoms with Crippen LogP contribution in [-0.2, 0) is 11.2 Å². The molecule has 2 aliphatic rings. The third-order valence-corrected chi connectivity index (χ3v) is 7.61. The van der Waals surface area contributed by atoms with Crippen LogP contribution >= 0.6 is 0 Å². The zero-order valence-electron chi connectivity index (χ0n) is 21.1. The first-order valence-electron chi connectivity index (χ1n) is 12.6. The molecule has 186 valence electrons. The summed E-state index contributed by atoms with van der Waals surface area (Å²) in [4.78, 5) is 21.9. The molecule has 1 amide bonds. The van der Waals surface area contributed by atoms with Crippen LogP contribution in [0, 0.1) is 24.6 Å². The van der Waals surface area contributed by atoms with Crippen LogP contribution in [0.5, 0.6) is 0 Å². The first-order chi connectivity index (χ1) is 16.8. The fourth-order valence-corrected chi connectivity index (χ4v) is 5.47. The number of aromatic nitrogens is 2. The number of benzene rings is 1. The van der Waals surface area contributed by atoms with Gasteiger partial charge in [0.15, 0.2) is 0 Å². The van der Waals surface area contributed by atoms with Crippen molar-refractivity contribution in [1.82, 2.24) is 19.4 Å². The van der Waals surface area contributed by atoms with E-state index in [1.54, 1.807) is 18.0 Å². The highest BCUT2D eigenvalue weighted by atomic mass is 19.1. The highest BCUT2D eigenvalue weighted by Gasteiger charge is 2.31. The van der Waals surface area contributed by atoms with Crippen molar-refractivity contribution in [3.63, 3.8) is 0 Å². The fourth-order valence-electron chi connectivity index (χ4n) is 5.47. The van der Waals surface area contributed by atoms with E-state index in [0.717, 1.165) is 50.3 Å². The number of halogens is 1. The summed E-state index contributed by atoms with van der Waals surface area (Å²) in [6.45, 7) is 11.1. The quantitative estimate of drug-likeness (QED) is 0.503. The average Bonchev–Trinajstić information content (AvgIpc) is 3.45. The summed E-state index contributed by atoms with van der Waals surface area (Å²) >= 11 is 0. The van der Waals surface area contributed by atoms with Gasteiger partial charge in [0, 0.05) is 57.1 Å². The molecule has 0 unspecified atom stereocenters. The molecule has 7 heteroatoms. The molecular weight excluding hydrogens is 443 g/mol. The van der Waals surface area contributed by atoms with Crippen molar-refractivity contribution in [2.24, 2.45) is 11.8 Å². The molecule has 2 aliphatic heterocycles. The topological polar surface area (TPSA) is 50.6 Å². The first kappa shape index (κ1) is 23.9. The van der Waals surface area contributed by atoms with Crippen molar-refractivity contribution in [3.8, 4) is 5.69 Å². The largest absolute Gasteiger partial charge is 0.381 e. The van der Waals surface area contributed by atoms with Gasteiger partial charge in [-0.25, -0.2) is 4.39 Å². The van der Waals surface area contributed by atoms with Gasteiger partial charge in [-0.15, -0.1) is 0 Å². The van der Waals surface area contributed by atoms with Gasteiger partial charge < -0.3 is 19.1 Å². The van der Waals surface area contributed by atoms with Gasteiger partial charge in [-0.2, -0.15) is 0 Å². The SMILES string of the molecule is Cc1cncc2c1c(CC1CN(C[C@@H]3CCOC3)C1)cn2-c1ccc(F)cc1C(=O)N(C)C(C)C. The lowest BCUT2D eigenvalue weighted by atomic mass is 9.90. The number of hydrogen-bond acceptors (Lipinski definition) is 4. The molecule has 5 rings (SSSR count). The number of pyridine rings is 1. The molecule has 3 aromatic rings. The maximum absolute atomic E-state index is 14.3. The van der Waals surface area contributed by atoms with E-state index in [1.807, 2.05) is 30.8 Å². The number of carbonyl (C=O) groups is 1. The zero-order chi connectivity index (χ0) is 24.7. The molecule has 2 saturated heterocycles. The minimum absolute atomic E-state index is 0.0110. The average molecular weight is 479 g/mol. The highest BCUT2D eigenvalue weighted by Crippen LogP contribution is 2.33. The van der Waals surface area contributed by atoms with Crippen LogP contribution in [0.2, 0.25) is 0 Å². The fraction of sp³-hybridized carbons (Fsp3) is 0.500. The predicted octanol–water partition coefficient (Wildman–Crippen LogP) is 4.46. The third kappa shape index (κ3) is 4.71. The Labute approximate surface area is 206 Å². The lowest BCUT2D eigenvalue weighted by molar-refractivity contribution is 0.0754. The third-order valence-electron chi connectivity index (χ3n) is 7.61. The molecule has 0 N–H and O–H groups in total. The normalized spacial score (nSPS) is 19.0. The summed E-state index contributed by atoms with van der Waals surface area (Å²) in [7, 11) is 1.76. The Kier molecular flexibility index (Phi) is 6.64. The summed E-state index contributed by atoms with van der Waals surface area (Å²) in [6.07, 6.45) is 8.02. The number of carbonyl (C=O) groups excluding carboxylic acids is 1. The summed E-state index contributed by atoms with van der Waals surface area (Å²) in [5.74, 6) is 0.668. The van der Waals surface area contributed by atoms with Gasteiger partial charge in [-0.05, 0) is 74.8 Å². The Hall–Kier alpha value is -2.77. The van der Waals surface area contributed by atoms with Gasteiger partial charge in [0.25, 0.3) is 5.91 Å². The van der Waals surface area contributed by atoms with Crippen LogP contribution in [0.1, 0.15) is 41.8 Å². The van der Waals surface area contributed by atoms with Gasteiger partial charge in [-0.1, -0.05) is 0 Å². The summed E-state index contributed by atoms with van der Waals surface area (Å²) < 4.78 is 21.8. The molecule has 0 spiro atoms. The molecule has 1 atom stereocenters. The molecule has 0 bridgehead atoms. The number of nitrogens with zero attached hydrogens (tertiary/aromatic N) is 4. The number of ether oxygens (including phenoxy) is 1. The molecule has 6 nitrogen and oxygen atoms in total. The molecule has 2 aromatic heterocycles. The van der Waals surface area contributed by atoms with Gasteiger partial charge in [0.2, 0.25) is 0 Å². The van der Waals surface area contributed by atoms with Gasteiger partial charge in [0.1, 0.15) is 5.82 Å². The molecule has 1 aromatic carbocycles. The molecule has 0 radical (unpaired) electrons. The second kappa shape index (κ2) is 9.70. The van der Waals surface area contributed by atoms with Crippen molar-refractivity contribution in [3.05, 3.63) is 59.3 Å². The maximum atomic E-state index is 14.3. The van der Waals surface area contributed by atoms with Crippen molar-refractivity contribution in [1.29, 1.82) is 0 Å². The number of rotatable bonds is 7. The van der Waals surface area contributed by atoms with Crippen molar-refractivity contribution in [2.75, 3.05) is 39.9 Å². The van der Waals surface area contributed by atoms with Crippen LogP contribution in [0.3, 0.4) is 0 Å². The second-order valence-corrected chi connectivity index (χ2v) is 10.6. The number of hydrogen-bond donors (Lipinski definition) is 0. The Morgan fingerprint density at radius 3 is 2.77 bits per heavy atom. The monoisotopic (exact) mass is 478 g/mol. The van der Waals surface area contributed by atoms with E-state index < -0.39 is 5.82 Å². The van der Waals surface area contributed by atoms with Crippen LogP contribution in [0.4, 0.5) is 4.39 Å². The zero-order valence-corrected chi connectivity index (χ0v) is 21.1. The number of likely N-dealkylation sites (tertiary alicyclic amines) is 1. The predicted molar refractivity (Wildman–Crippen MR) is 136 cm³/mol. The minimum Gasteiger partial charge on any atom is -0.381 e. The van der Waals surface area contributed by atoms with Gasteiger partial charge in [0.05, 0.1) is 29.6 Å². The van der Waals surface area contributed by atoms with Crippen LogP contribution < -0.4 is 0 Å². The smallest absolute Gasteiger partial charge is 0.256 e. The van der Waals surface area contributed by atoms with Crippen molar-refractivity contribution >= 4 is 16.8 Å². The molecule has 2 fully saturated rings. The Morgan fingerprint density at radius 2 is 2.06 bits per heavy atom. The lowest BCUT2D eigenvalue weighted by Gasteiger charge is -2.40. The van der Waals surface area contributed by atoms with Crippen molar-refractivity contribution in [2.45, 2.75) is 39.7 Å². The number of amides is 1. The van der Waals surface area contributed by atoms with Gasteiger partial charge >= 0.3 is 0 Å². The second-order valence-electron chi connectivity index (χ2n) is 10.6. The molecular formula is C28H35FN4O2. The first-order valence-corrected chi connectivity index (χ1v) is 12.6. The van der Waals surface area contributed by atoms with E-state index in [1.165, 1.54) is 29.5 Å². The summed E-state index contributed by atoms with van der Waals surface area (Å²) in [5.41, 5.74) is 4.37. The molecule has 0 aliphatic carbocycles. The van der Waals surface area contributed by atoms with E-state index in [2.05, 4.69) is 23.0 Å². The Morgan fingerprint density at radius 1 is 1.26 bits per heavy atom. The summed E-state index contributed by atoms with van der Waals surface area (Å²) in [6, 6.07) is 4.49.